The van der Waals surface area contributed by atoms with Crippen LogP contribution in [0, 0.1) is 0 Å². The Hall–Kier alpha value is -4.21. The molecule has 15 heteroatoms. The number of hydrogen-bond donors (Lipinski definition) is 1. The normalized spacial score (nSPS) is 13.2. The number of benzene rings is 1. The van der Waals surface area contributed by atoms with E-state index < -0.39 is 32.7 Å². The van der Waals surface area contributed by atoms with Gasteiger partial charge in [0, 0.05) is 50.4 Å². The van der Waals surface area contributed by atoms with Gasteiger partial charge in [0.25, 0.3) is 0 Å². The number of ether oxygens (including phenoxy) is 2. The highest BCUT2D eigenvalue weighted by Crippen LogP contribution is 2.35. The van der Waals surface area contributed by atoms with Crippen LogP contribution in [-0.4, -0.2) is 55.5 Å². The first-order chi connectivity index (χ1) is 22.1. The van der Waals surface area contributed by atoms with Gasteiger partial charge in [-0.05, 0) is 37.6 Å². The lowest BCUT2D eigenvalue weighted by atomic mass is 10.0. The van der Waals surface area contributed by atoms with Crippen LogP contribution in [0.4, 0.5) is 22.0 Å². The molecule has 0 spiro atoms. The second-order valence-electron chi connectivity index (χ2n) is 12.5. The Kier molecular flexibility index (Phi) is 9.80. The first kappa shape index (κ1) is 34.1. The number of nitrogens with zero attached hydrogens (tertiary/aromatic N) is 6. The molecule has 1 unspecified atom stereocenters. The Labute approximate surface area is 269 Å². The third kappa shape index (κ3) is 7.85. The zero-order valence-corrected chi connectivity index (χ0v) is 27.5. The largest absolute Gasteiger partial charge is 0.434 e. The highest BCUT2D eigenvalue weighted by Gasteiger charge is 2.35. The Bertz CT molecular complexity index is 1830. The summed E-state index contributed by atoms with van der Waals surface area (Å²) >= 11 is 0. The van der Waals surface area contributed by atoms with Gasteiger partial charge < -0.3 is 23.7 Å². The topological polar surface area (TPSA) is 100 Å². The van der Waals surface area contributed by atoms with Crippen LogP contribution in [0.5, 0.6) is 5.88 Å². The van der Waals surface area contributed by atoms with E-state index in [-0.39, 0.29) is 35.9 Å². The number of alkyl halides is 5. The number of hydrogen-bond acceptors (Lipinski definition) is 7. The minimum atomic E-state index is -4.60. The van der Waals surface area contributed by atoms with Gasteiger partial charge in [0.1, 0.15) is 18.7 Å². The Morgan fingerprint density at radius 3 is 2.34 bits per heavy atom. The van der Waals surface area contributed by atoms with Crippen LogP contribution in [0.15, 0.2) is 61.2 Å². The Morgan fingerprint density at radius 1 is 0.979 bits per heavy atom. The predicted octanol–water partition coefficient (Wildman–Crippen LogP) is 7.95. The van der Waals surface area contributed by atoms with E-state index in [0.29, 0.717) is 34.3 Å². The molecule has 0 aliphatic carbocycles. The molecule has 1 N–H and O–H groups in total. The number of imidazole rings is 1. The molecule has 0 fully saturated rings. The minimum absolute atomic E-state index is 0.0587. The first-order valence-corrected chi connectivity index (χ1v) is 18.6. The fourth-order valence-electron chi connectivity index (χ4n) is 4.95. The van der Waals surface area contributed by atoms with Crippen molar-refractivity contribution in [1.82, 2.24) is 29.1 Å². The lowest BCUT2D eigenvalue weighted by Gasteiger charge is -2.15. The summed E-state index contributed by atoms with van der Waals surface area (Å²) in [4.78, 5) is 16.8. The molecule has 5 rings (SSSR count). The summed E-state index contributed by atoms with van der Waals surface area (Å²) in [5.74, 6) is -0.137. The summed E-state index contributed by atoms with van der Waals surface area (Å²) in [6.45, 7) is 7.84. The average molecular weight is 675 g/mol. The molecule has 9 nitrogen and oxygen atoms in total. The van der Waals surface area contributed by atoms with E-state index in [1.54, 1.807) is 54.9 Å². The van der Waals surface area contributed by atoms with Gasteiger partial charge in [-0.25, -0.2) is 19.9 Å². The van der Waals surface area contributed by atoms with E-state index in [4.69, 9.17) is 4.74 Å². The van der Waals surface area contributed by atoms with Gasteiger partial charge in [-0.3, -0.25) is 0 Å². The lowest BCUT2D eigenvalue weighted by molar-refractivity contribution is -0.140. The standard InChI is InChI=1S/C32H35F5N6O3Si/c1-19(2)43-17-25(32(35,36)37)40-29(43)21-10-8-20(9-11-21)27(44)23-16-42(18-45-13-14-47(3,4)5)24-15-39-28(41-26(23)24)22-7-6-12-38-30(22)46-31(33)34/h6-12,15-17,19,27,31,44H,13-14,18H2,1-5H3. The lowest BCUT2D eigenvalue weighted by Crippen LogP contribution is -2.22. The van der Waals surface area contributed by atoms with E-state index in [1.165, 1.54) is 23.0 Å². The molecule has 0 saturated carbocycles. The third-order valence-corrected chi connectivity index (χ3v) is 9.15. The van der Waals surface area contributed by atoms with Crippen molar-refractivity contribution in [3.8, 4) is 28.7 Å². The van der Waals surface area contributed by atoms with Crippen molar-refractivity contribution in [2.75, 3.05) is 6.61 Å². The van der Waals surface area contributed by atoms with Crippen LogP contribution in [0.2, 0.25) is 25.7 Å². The number of pyridine rings is 1. The molecule has 0 aliphatic heterocycles. The summed E-state index contributed by atoms with van der Waals surface area (Å²) in [7, 11) is -1.35. The molecule has 47 heavy (non-hydrogen) atoms. The number of aliphatic hydroxyl groups excluding tert-OH is 1. The number of fused-ring (bicyclic) bond motifs is 1. The molecule has 4 heterocycles. The molecule has 5 aromatic rings. The summed E-state index contributed by atoms with van der Waals surface area (Å²) in [6.07, 6.45) is -0.316. The summed E-state index contributed by atoms with van der Waals surface area (Å²) in [6, 6.07) is 10.1. The second kappa shape index (κ2) is 13.5. The molecule has 0 amide bonds. The maximum Gasteiger partial charge on any atom is 0.434 e. The van der Waals surface area contributed by atoms with Crippen LogP contribution in [-0.2, 0) is 17.6 Å². The molecular formula is C32H35F5N6O3Si. The van der Waals surface area contributed by atoms with Crippen LogP contribution in [0.3, 0.4) is 0 Å². The van der Waals surface area contributed by atoms with Gasteiger partial charge in [0.2, 0.25) is 5.88 Å². The summed E-state index contributed by atoms with van der Waals surface area (Å²) < 4.78 is 80.3. The predicted molar refractivity (Wildman–Crippen MR) is 169 cm³/mol. The first-order valence-electron chi connectivity index (χ1n) is 14.9. The van der Waals surface area contributed by atoms with Gasteiger partial charge in [0.15, 0.2) is 11.5 Å². The van der Waals surface area contributed by atoms with Crippen LogP contribution in [0.1, 0.15) is 42.8 Å². The van der Waals surface area contributed by atoms with E-state index >= 15 is 0 Å². The van der Waals surface area contributed by atoms with Crippen LogP contribution < -0.4 is 4.74 Å². The molecule has 0 saturated heterocycles. The maximum atomic E-state index is 13.4. The van der Waals surface area contributed by atoms with Gasteiger partial charge in [-0.15, -0.1) is 0 Å². The average Bonchev–Trinajstić information content (AvgIpc) is 3.61. The van der Waals surface area contributed by atoms with Crippen LogP contribution >= 0.6 is 0 Å². The summed E-state index contributed by atoms with van der Waals surface area (Å²) in [5, 5.41) is 11.6. The number of halogens is 5. The molecule has 4 aromatic heterocycles. The van der Waals surface area contributed by atoms with Crippen molar-refractivity contribution >= 4 is 19.1 Å². The molecule has 1 aromatic carbocycles. The fraction of sp³-hybridized carbons (Fsp3) is 0.375. The van der Waals surface area contributed by atoms with E-state index in [1.807, 2.05) is 0 Å². The molecule has 1 atom stereocenters. The second-order valence-corrected chi connectivity index (χ2v) is 18.2. The van der Waals surface area contributed by atoms with Crippen molar-refractivity contribution in [2.45, 2.75) is 71.2 Å². The van der Waals surface area contributed by atoms with Crippen molar-refractivity contribution in [3.05, 3.63) is 78.0 Å². The van der Waals surface area contributed by atoms with E-state index in [0.717, 1.165) is 12.2 Å². The maximum absolute atomic E-state index is 13.4. The van der Waals surface area contributed by atoms with Crippen molar-refractivity contribution in [3.63, 3.8) is 0 Å². The highest BCUT2D eigenvalue weighted by atomic mass is 28.3. The number of rotatable bonds is 12. The van der Waals surface area contributed by atoms with Gasteiger partial charge in [-0.2, -0.15) is 22.0 Å². The quantitative estimate of drug-likeness (QED) is 0.0815. The number of aliphatic hydroxyl groups is 1. The number of aromatic nitrogens is 6. The van der Waals surface area contributed by atoms with Crippen molar-refractivity contribution < 1.29 is 36.5 Å². The smallest absolute Gasteiger partial charge is 0.416 e. The zero-order chi connectivity index (χ0) is 34.1. The Balaban J connectivity index is 1.53. The van der Waals surface area contributed by atoms with Gasteiger partial charge in [0.05, 0.1) is 22.8 Å². The van der Waals surface area contributed by atoms with Crippen molar-refractivity contribution in [2.24, 2.45) is 0 Å². The monoisotopic (exact) mass is 674 g/mol. The molecule has 0 bridgehead atoms. The van der Waals surface area contributed by atoms with Gasteiger partial charge in [-0.1, -0.05) is 43.9 Å². The van der Waals surface area contributed by atoms with Gasteiger partial charge >= 0.3 is 12.8 Å². The summed E-state index contributed by atoms with van der Waals surface area (Å²) in [5.41, 5.74) is 1.29. The van der Waals surface area contributed by atoms with Crippen LogP contribution in [0.25, 0.3) is 33.8 Å². The zero-order valence-electron chi connectivity index (χ0n) is 26.5. The molecule has 0 radical (unpaired) electrons. The highest BCUT2D eigenvalue weighted by molar-refractivity contribution is 6.76. The molecule has 0 aliphatic rings. The van der Waals surface area contributed by atoms with Crippen molar-refractivity contribution in [1.29, 1.82) is 0 Å². The fourth-order valence-corrected chi connectivity index (χ4v) is 5.70. The van der Waals surface area contributed by atoms with E-state index in [2.05, 4.69) is 44.3 Å². The van der Waals surface area contributed by atoms with E-state index in [9.17, 15) is 27.1 Å². The minimum Gasteiger partial charge on any atom is -0.416 e. The third-order valence-electron chi connectivity index (χ3n) is 7.45. The molecular weight excluding hydrogens is 639 g/mol. The molecule has 250 valence electrons. The SMILES string of the molecule is CC(C)n1cc(C(F)(F)F)nc1-c1ccc(C(O)c2cn(COCC[Si](C)(C)C)c3cnc(-c4cccnc4OC(F)F)nc23)cc1. The Morgan fingerprint density at radius 2 is 1.70 bits per heavy atom.